The van der Waals surface area contributed by atoms with Crippen molar-refractivity contribution >= 4 is 0 Å². The lowest BCUT2D eigenvalue weighted by atomic mass is 10.0. The van der Waals surface area contributed by atoms with Gasteiger partial charge in [0.25, 0.3) is 0 Å². The van der Waals surface area contributed by atoms with E-state index >= 15 is 0 Å². The molecule has 122 valence electrons. The number of hydrogen-bond donors (Lipinski definition) is 1. The molecule has 2 fully saturated rings. The van der Waals surface area contributed by atoms with E-state index in [1.807, 2.05) is 0 Å². The van der Waals surface area contributed by atoms with E-state index in [1.54, 1.807) is 0 Å². The molecule has 0 saturated carbocycles. The molecule has 1 unspecified atom stereocenters. The van der Waals surface area contributed by atoms with Gasteiger partial charge in [0.1, 0.15) is 0 Å². The smallest absolute Gasteiger partial charge is 0.0475 e. The van der Waals surface area contributed by atoms with Gasteiger partial charge in [-0.3, -0.25) is 9.80 Å². The second-order valence-electron chi connectivity index (χ2n) is 6.80. The first kappa shape index (κ1) is 16.0. The molecular formula is C19H31N3. The molecule has 1 aromatic carbocycles. The lowest BCUT2D eigenvalue weighted by molar-refractivity contribution is 0.150. The van der Waals surface area contributed by atoms with Crippen LogP contribution in [-0.2, 0) is 6.42 Å². The van der Waals surface area contributed by atoms with Crippen LogP contribution >= 0.6 is 0 Å². The van der Waals surface area contributed by atoms with Crippen molar-refractivity contribution in [2.75, 3.05) is 45.8 Å². The first-order chi connectivity index (χ1) is 10.9. The molecule has 0 spiro atoms. The van der Waals surface area contributed by atoms with Crippen molar-refractivity contribution in [2.24, 2.45) is 0 Å². The summed E-state index contributed by atoms with van der Waals surface area (Å²) in [7, 11) is 0. The molecule has 2 saturated heterocycles. The van der Waals surface area contributed by atoms with Crippen LogP contribution in [0.15, 0.2) is 24.3 Å². The summed E-state index contributed by atoms with van der Waals surface area (Å²) in [6.07, 6.45) is 5.17. The van der Waals surface area contributed by atoms with Crippen LogP contribution in [0, 0.1) is 0 Å². The molecule has 2 heterocycles. The van der Waals surface area contributed by atoms with Gasteiger partial charge in [0.2, 0.25) is 0 Å². The molecule has 3 rings (SSSR count). The van der Waals surface area contributed by atoms with Crippen LogP contribution in [0.4, 0.5) is 0 Å². The molecular weight excluding hydrogens is 270 g/mol. The Morgan fingerprint density at radius 1 is 1.00 bits per heavy atom. The van der Waals surface area contributed by atoms with Gasteiger partial charge in [-0.2, -0.15) is 0 Å². The van der Waals surface area contributed by atoms with E-state index in [1.165, 1.54) is 69.5 Å². The predicted octanol–water partition coefficient (Wildman–Crippen LogP) is 2.68. The van der Waals surface area contributed by atoms with Gasteiger partial charge in [-0.15, -0.1) is 0 Å². The van der Waals surface area contributed by atoms with Gasteiger partial charge in [-0.25, -0.2) is 0 Å². The average Bonchev–Trinajstić information content (AvgIpc) is 3.09. The number of benzene rings is 1. The number of aryl methyl sites for hydroxylation is 1. The highest BCUT2D eigenvalue weighted by atomic mass is 15.2. The van der Waals surface area contributed by atoms with Crippen molar-refractivity contribution in [3.05, 3.63) is 35.4 Å². The van der Waals surface area contributed by atoms with Gasteiger partial charge < -0.3 is 5.32 Å². The molecule has 0 aliphatic carbocycles. The Labute approximate surface area is 135 Å². The maximum atomic E-state index is 3.46. The molecule has 22 heavy (non-hydrogen) atoms. The number of piperazine rings is 1. The Kier molecular flexibility index (Phi) is 5.88. The first-order valence-electron chi connectivity index (χ1n) is 9.13. The Morgan fingerprint density at radius 2 is 1.68 bits per heavy atom. The third-order valence-corrected chi connectivity index (χ3v) is 5.13. The fourth-order valence-corrected chi connectivity index (χ4v) is 3.82. The van der Waals surface area contributed by atoms with Crippen LogP contribution in [0.3, 0.4) is 0 Å². The summed E-state index contributed by atoms with van der Waals surface area (Å²) in [6.45, 7) is 10.7. The van der Waals surface area contributed by atoms with Gasteiger partial charge in [-0.1, -0.05) is 37.6 Å². The molecule has 1 aromatic rings. The summed E-state index contributed by atoms with van der Waals surface area (Å²) in [6, 6.07) is 10.0. The maximum absolute atomic E-state index is 3.46. The first-order valence-corrected chi connectivity index (χ1v) is 9.13. The highest BCUT2D eigenvalue weighted by molar-refractivity contribution is 5.26. The summed E-state index contributed by atoms with van der Waals surface area (Å²) in [5.41, 5.74) is 2.99. The zero-order chi connectivity index (χ0) is 15.2. The Hall–Kier alpha value is -0.900. The van der Waals surface area contributed by atoms with Crippen molar-refractivity contribution in [3.8, 4) is 0 Å². The zero-order valence-electron chi connectivity index (χ0n) is 14.1. The largest absolute Gasteiger partial charge is 0.314 e. The summed E-state index contributed by atoms with van der Waals surface area (Å²) in [4.78, 5) is 5.34. The second-order valence-corrected chi connectivity index (χ2v) is 6.80. The van der Waals surface area contributed by atoms with Crippen molar-refractivity contribution < 1.29 is 0 Å². The Balaban J connectivity index is 1.71. The predicted molar refractivity (Wildman–Crippen MR) is 93.3 cm³/mol. The molecule has 1 atom stereocenters. The number of nitrogens with zero attached hydrogens (tertiary/aromatic N) is 2. The molecule has 0 radical (unpaired) electrons. The molecule has 2 aliphatic heterocycles. The monoisotopic (exact) mass is 301 g/mol. The lowest BCUT2D eigenvalue weighted by Gasteiger charge is -2.35. The van der Waals surface area contributed by atoms with Crippen LogP contribution in [0.1, 0.15) is 43.4 Å². The molecule has 0 aromatic heterocycles. The third kappa shape index (κ3) is 4.09. The van der Waals surface area contributed by atoms with Crippen molar-refractivity contribution in [1.29, 1.82) is 0 Å². The molecule has 1 N–H and O–H groups in total. The van der Waals surface area contributed by atoms with Crippen molar-refractivity contribution in [1.82, 2.24) is 15.1 Å². The van der Waals surface area contributed by atoms with Gasteiger partial charge in [0.05, 0.1) is 0 Å². The minimum absolute atomic E-state index is 0.580. The molecule has 2 aliphatic rings. The van der Waals surface area contributed by atoms with Crippen LogP contribution in [0.25, 0.3) is 0 Å². The molecule has 3 nitrogen and oxygen atoms in total. The Morgan fingerprint density at radius 3 is 2.32 bits per heavy atom. The molecule has 0 amide bonds. The van der Waals surface area contributed by atoms with E-state index in [0.717, 1.165) is 13.1 Å². The summed E-state index contributed by atoms with van der Waals surface area (Å²) >= 11 is 0. The molecule has 0 bridgehead atoms. The number of rotatable bonds is 6. The molecule has 3 heteroatoms. The maximum Gasteiger partial charge on any atom is 0.0475 e. The highest BCUT2D eigenvalue weighted by Crippen LogP contribution is 2.26. The van der Waals surface area contributed by atoms with Gasteiger partial charge in [0, 0.05) is 38.8 Å². The fourth-order valence-electron chi connectivity index (χ4n) is 3.82. The highest BCUT2D eigenvalue weighted by Gasteiger charge is 2.26. The van der Waals surface area contributed by atoms with E-state index in [-0.39, 0.29) is 0 Å². The topological polar surface area (TPSA) is 18.5 Å². The SMILES string of the molecule is CCCc1ccc(C(CN2CCNCC2)N2CCCC2)cc1. The summed E-state index contributed by atoms with van der Waals surface area (Å²) < 4.78 is 0. The second kappa shape index (κ2) is 8.09. The quantitative estimate of drug-likeness (QED) is 0.871. The Bertz CT molecular complexity index is 430. The number of nitrogens with one attached hydrogen (secondary N) is 1. The zero-order valence-corrected chi connectivity index (χ0v) is 14.1. The number of hydrogen-bond acceptors (Lipinski definition) is 3. The minimum atomic E-state index is 0.580. The normalized spacial score (nSPS) is 22.0. The van der Waals surface area contributed by atoms with E-state index in [2.05, 4.69) is 46.3 Å². The standard InChI is InChI=1S/C19H31N3/c1-2-5-17-6-8-18(9-7-17)19(22-12-3-4-13-22)16-21-14-10-20-11-15-21/h6-9,19-20H,2-5,10-16H2,1H3. The van der Waals surface area contributed by atoms with Crippen molar-refractivity contribution in [3.63, 3.8) is 0 Å². The van der Waals surface area contributed by atoms with Crippen LogP contribution in [0.2, 0.25) is 0 Å². The third-order valence-electron chi connectivity index (χ3n) is 5.13. The average molecular weight is 301 g/mol. The van der Waals surface area contributed by atoms with Gasteiger partial charge in [-0.05, 0) is 43.5 Å². The van der Waals surface area contributed by atoms with Gasteiger partial charge in [0.15, 0.2) is 0 Å². The van der Waals surface area contributed by atoms with Crippen LogP contribution < -0.4 is 5.32 Å². The van der Waals surface area contributed by atoms with E-state index in [9.17, 15) is 0 Å². The van der Waals surface area contributed by atoms with Gasteiger partial charge >= 0.3 is 0 Å². The summed E-state index contributed by atoms with van der Waals surface area (Å²) in [5, 5.41) is 3.46. The van der Waals surface area contributed by atoms with E-state index in [0.29, 0.717) is 6.04 Å². The summed E-state index contributed by atoms with van der Waals surface area (Å²) in [5.74, 6) is 0. The fraction of sp³-hybridized carbons (Fsp3) is 0.684. The van der Waals surface area contributed by atoms with Crippen LogP contribution in [0.5, 0.6) is 0 Å². The van der Waals surface area contributed by atoms with Crippen molar-refractivity contribution in [2.45, 2.75) is 38.6 Å². The van der Waals surface area contributed by atoms with E-state index < -0.39 is 0 Å². The minimum Gasteiger partial charge on any atom is -0.314 e. The van der Waals surface area contributed by atoms with E-state index in [4.69, 9.17) is 0 Å². The lowest BCUT2D eigenvalue weighted by Crippen LogP contribution is -2.47. The number of likely N-dealkylation sites (tertiary alicyclic amines) is 1. The van der Waals surface area contributed by atoms with Crippen LogP contribution in [-0.4, -0.2) is 55.6 Å².